The minimum atomic E-state index is 0.0639. The number of piperazine rings is 1. The number of carbonyl (C=O) groups is 1. The highest BCUT2D eigenvalue weighted by molar-refractivity contribution is 7.16. The van der Waals surface area contributed by atoms with Gasteiger partial charge in [-0.15, -0.1) is 11.3 Å². The fourth-order valence-electron chi connectivity index (χ4n) is 3.03. The molecule has 0 saturated carbocycles. The van der Waals surface area contributed by atoms with E-state index in [1.165, 1.54) is 4.88 Å². The van der Waals surface area contributed by atoms with Crippen molar-refractivity contribution in [1.29, 1.82) is 0 Å². The molecule has 1 unspecified atom stereocenters. The molecule has 1 aromatic heterocycles. The second kappa shape index (κ2) is 6.43. The summed E-state index contributed by atoms with van der Waals surface area (Å²) in [5, 5.41) is 3.29. The van der Waals surface area contributed by atoms with Gasteiger partial charge in [0.1, 0.15) is 0 Å². The van der Waals surface area contributed by atoms with Crippen molar-refractivity contribution in [3.8, 4) is 0 Å². The van der Waals surface area contributed by atoms with E-state index in [9.17, 15) is 4.79 Å². The highest BCUT2D eigenvalue weighted by atomic mass is 35.5. The molecule has 3 heterocycles. The second-order valence-corrected chi connectivity index (χ2v) is 7.21. The first-order valence-electron chi connectivity index (χ1n) is 7.22. The van der Waals surface area contributed by atoms with Crippen LogP contribution in [-0.2, 0) is 11.3 Å². The van der Waals surface area contributed by atoms with E-state index in [-0.39, 0.29) is 6.04 Å². The molecule has 110 valence electrons. The molecule has 1 amide bonds. The van der Waals surface area contributed by atoms with E-state index >= 15 is 0 Å². The largest absolute Gasteiger partial charge is 0.339 e. The normalized spacial score (nSPS) is 24.2. The maximum absolute atomic E-state index is 12.6. The van der Waals surface area contributed by atoms with E-state index in [0.29, 0.717) is 5.91 Å². The molecule has 3 rings (SSSR count). The number of nitrogens with one attached hydrogen (secondary N) is 1. The van der Waals surface area contributed by atoms with Crippen molar-refractivity contribution in [3.63, 3.8) is 0 Å². The molecule has 0 aliphatic carbocycles. The number of likely N-dealkylation sites (tertiary alicyclic amines) is 1. The van der Waals surface area contributed by atoms with Crippen LogP contribution in [-0.4, -0.2) is 54.5 Å². The Balaban J connectivity index is 1.63. The Morgan fingerprint density at radius 3 is 2.85 bits per heavy atom. The lowest BCUT2D eigenvalue weighted by Gasteiger charge is -2.32. The Hall–Kier alpha value is -0.620. The number of halogens is 1. The predicted molar refractivity (Wildman–Crippen MR) is 82.2 cm³/mol. The zero-order valence-corrected chi connectivity index (χ0v) is 13.1. The Morgan fingerprint density at radius 1 is 1.35 bits per heavy atom. The van der Waals surface area contributed by atoms with Crippen LogP contribution in [0.5, 0.6) is 0 Å². The second-order valence-electron chi connectivity index (χ2n) is 5.41. The molecule has 0 radical (unpaired) electrons. The molecule has 0 aromatic carbocycles. The quantitative estimate of drug-likeness (QED) is 0.924. The lowest BCUT2D eigenvalue weighted by Crippen LogP contribution is -2.52. The van der Waals surface area contributed by atoms with Gasteiger partial charge in [0.05, 0.1) is 10.4 Å². The van der Waals surface area contributed by atoms with Gasteiger partial charge in [-0.1, -0.05) is 11.6 Å². The van der Waals surface area contributed by atoms with E-state index < -0.39 is 0 Å². The number of amides is 1. The lowest BCUT2D eigenvalue weighted by atomic mass is 10.1. The maximum Gasteiger partial charge on any atom is 0.240 e. The highest BCUT2D eigenvalue weighted by Crippen LogP contribution is 2.27. The molecule has 2 aliphatic rings. The first-order valence-corrected chi connectivity index (χ1v) is 8.41. The first-order chi connectivity index (χ1) is 9.74. The first kappa shape index (κ1) is 14.3. The summed E-state index contributed by atoms with van der Waals surface area (Å²) in [4.78, 5) is 18.2. The van der Waals surface area contributed by atoms with Crippen molar-refractivity contribution < 1.29 is 4.79 Å². The van der Waals surface area contributed by atoms with Gasteiger partial charge in [0.15, 0.2) is 0 Å². The van der Waals surface area contributed by atoms with Gasteiger partial charge in [-0.25, -0.2) is 0 Å². The molecular weight excluding hydrogens is 294 g/mol. The van der Waals surface area contributed by atoms with Gasteiger partial charge >= 0.3 is 0 Å². The topological polar surface area (TPSA) is 35.6 Å². The minimum absolute atomic E-state index is 0.0639. The van der Waals surface area contributed by atoms with E-state index in [1.54, 1.807) is 11.3 Å². The Kier molecular flexibility index (Phi) is 4.61. The van der Waals surface area contributed by atoms with Crippen molar-refractivity contribution in [1.82, 2.24) is 15.1 Å². The highest BCUT2D eigenvalue weighted by Gasteiger charge is 2.34. The van der Waals surface area contributed by atoms with Crippen molar-refractivity contribution in [3.05, 3.63) is 21.3 Å². The van der Waals surface area contributed by atoms with Crippen molar-refractivity contribution in [2.75, 3.05) is 32.7 Å². The fourth-order valence-corrected chi connectivity index (χ4v) is 4.14. The number of thiophene rings is 1. The number of carbonyl (C=O) groups excluding carboxylic acids is 1. The van der Waals surface area contributed by atoms with Gasteiger partial charge in [0.25, 0.3) is 0 Å². The summed E-state index contributed by atoms with van der Waals surface area (Å²) in [6.45, 7) is 5.37. The average Bonchev–Trinajstić information content (AvgIpc) is 3.09. The lowest BCUT2D eigenvalue weighted by molar-refractivity contribution is -0.136. The molecule has 20 heavy (non-hydrogen) atoms. The monoisotopic (exact) mass is 313 g/mol. The molecular formula is C14H20ClN3OS. The third-order valence-electron chi connectivity index (χ3n) is 4.07. The van der Waals surface area contributed by atoms with Gasteiger partial charge in [-0.3, -0.25) is 9.69 Å². The zero-order valence-electron chi connectivity index (χ0n) is 11.5. The molecule has 2 saturated heterocycles. The molecule has 2 fully saturated rings. The van der Waals surface area contributed by atoms with E-state index in [0.717, 1.165) is 56.4 Å². The van der Waals surface area contributed by atoms with E-state index in [2.05, 4.69) is 16.3 Å². The van der Waals surface area contributed by atoms with Gasteiger partial charge in [-0.2, -0.15) is 0 Å². The van der Waals surface area contributed by atoms with Crippen LogP contribution < -0.4 is 5.32 Å². The van der Waals surface area contributed by atoms with Gasteiger partial charge in [-0.05, 0) is 31.5 Å². The third-order valence-corrected chi connectivity index (χ3v) is 5.28. The van der Waals surface area contributed by atoms with Gasteiger partial charge < -0.3 is 10.2 Å². The fraction of sp³-hybridized carbons (Fsp3) is 0.643. The van der Waals surface area contributed by atoms with E-state index in [1.807, 2.05) is 11.0 Å². The van der Waals surface area contributed by atoms with Crippen LogP contribution in [0.25, 0.3) is 0 Å². The Labute approximate surface area is 128 Å². The average molecular weight is 314 g/mol. The molecule has 1 N–H and O–H groups in total. The predicted octanol–water partition coefficient (Wildman–Crippen LogP) is 1.80. The van der Waals surface area contributed by atoms with Crippen LogP contribution in [0, 0.1) is 0 Å². The minimum Gasteiger partial charge on any atom is -0.339 e. The SMILES string of the molecule is O=C(C1CCCN1Cc1ccc(Cl)s1)N1CCNCC1. The molecule has 2 aliphatic heterocycles. The van der Waals surface area contributed by atoms with Crippen LogP contribution in [0.1, 0.15) is 17.7 Å². The standard InChI is InChI=1S/C14H20ClN3OS/c15-13-4-3-11(20-13)10-18-7-1-2-12(18)14(19)17-8-5-16-6-9-17/h3-4,12,16H,1-2,5-10H2. The van der Waals surface area contributed by atoms with Crippen LogP contribution in [0.4, 0.5) is 0 Å². The Bertz CT molecular complexity index is 473. The van der Waals surface area contributed by atoms with E-state index in [4.69, 9.17) is 11.6 Å². The molecule has 6 heteroatoms. The Morgan fingerprint density at radius 2 is 2.15 bits per heavy atom. The summed E-state index contributed by atoms with van der Waals surface area (Å²) in [5.41, 5.74) is 0. The van der Waals surface area contributed by atoms with Gasteiger partial charge in [0.2, 0.25) is 5.91 Å². The summed E-state index contributed by atoms with van der Waals surface area (Å²) in [6.07, 6.45) is 2.10. The maximum atomic E-state index is 12.6. The van der Waals surface area contributed by atoms with Crippen LogP contribution in [0.2, 0.25) is 4.34 Å². The van der Waals surface area contributed by atoms with Crippen molar-refractivity contribution in [2.24, 2.45) is 0 Å². The number of hydrogen-bond donors (Lipinski definition) is 1. The number of nitrogens with zero attached hydrogens (tertiary/aromatic N) is 2. The van der Waals surface area contributed by atoms with Crippen molar-refractivity contribution >= 4 is 28.8 Å². The molecule has 4 nitrogen and oxygen atoms in total. The van der Waals surface area contributed by atoms with Crippen LogP contribution in [0.15, 0.2) is 12.1 Å². The van der Waals surface area contributed by atoms with Crippen molar-refractivity contribution in [2.45, 2.75) is 25.4 Å². The number of hydrogen-bond acceptors (Lipinski definition) is 4. The molecule has 1 aromatic rings. The summed E-state index contributed by atoms with van der Waals surface area (Å²) in [7, 11) is 0. The summed E-state index contributed by atoms with van der Waals surface area (Å²) in [6, 6.07) is 4.07. The molecule has 1 atom stereocenters. The zero-order chi connectivity index (χ0) is 13.9. The van der Waals surface area contributed by atoms with Gasteiger partial charge in [0, 0.05) is 37.6 Å². The number of rotatable bonds is 3. The summed E-state index contributed by atoms with van der Waals surface area (Å²) >= 11 is 7.60. The van der Waals surface area contributed by atoms with Crippen LogP contribution >= 0.6 is 22.9 Å². The third kappa shape index (κ3) is 3.17. The van der Waals surface area contributed by atoms with Crippen LogP contribution in [0.3, 0.4) is 0 Å². The summed E-state index contributed by atoms with van der Waals surface area (Å²) < 4.78 is 0.823. The smallest absolute Gasteiger partial charge is 0.240 e. The summed E-state index contributed by atoms with van der Waals surface area (Å²) in [5.74, 6) is 0.312. The molecule has 0 bridgehead atoms. The molecule has 0 spiro atoms.